The van der Waals surface area contributed by atoms with Gasteiger partial charge in [-0.2, -0.15) is 0 Å². The molecule has 4 nitrogen and oxygen atoms in total. The predicted molar refractivity (Wildman–Crippen MR) is 85.7 cm³/mol. The normalized spacial score (nSPS) is 24.4. The highest BCUT2D eigenvalue weighted by Crippen LogP contribution is 2.22. The van der Waals surface area contributed by atoms with Crippen molar-refractivity contribution in [2.75, 3.05) is 32.8 Å². The second kappa shape index (κ2) is 8.34. The minimum absolute atomic E-state index is 0.146. The molecular weight excluding hydrogens is 316 g/mol. The monoisotopic (exact) mass is 341 g/mol. The lowest BCUT2D eigenvalue weighted by atomic mass is 10.0. The minimum atomic E-state index is -0.949. The van der Waals surface area contributed by atoms with E-state index >= 15 is 0 Å². The summed E-state index contributed by atoms with van der Waals surface area (Å²) in [6, 6.07) is 3.29. The van der Waals surface area contributed by atoms with E-state index in [0.717, 1.165) is 51.4 Å². The van der Waals surface area contributed by atoms with Gasteiger partial charge in [0.25, 0.3) is 0 Å². The van der Waals surface area contributed by atoms with Crippen molar-refractivity contribution in [2.45, 2.75) is 44.0 Å². The Labute approximate surface area is 141 Å². The number of piperidine rings is 1. The molecule has 2 unspecified atom stereocenters. The molecule has 2 heterocycles. The Morgan fingerprint density at radius 1 is 1.25 bits per heavy atom. The van der Waals surface area contributed by atoms with Crippen LogP contribution in [0.25, 0.3) is 0 Å². The highest BCUT2D eigenvalue weighted by atomic mass is 19.1. The van der Waals surface area contributed by atoms with Crippen LogP contribution in [0.3, 0.4) is 0 Å². The van der Waals surface area contributed by atoms with Gasteiger partial charge in [-0.05, 0) is 31.7 Å². The smallest absolute Gasteiger partial charge is 0.131 e. The van der Waals surface area contributed by atoms with Crippen LogP contribution in [0, 0.1) is 11.6 Å². The molecule has 2 fully saturated rings. The summed E-state index contributed by atoms with van der Waals surface area (Å²) in [6.45, 7) is 3.45. The van der Waals surface area contributed by atoms with Crippen LogP contribution in [0.5, 0.6) is 0 Å². The van der Waals surface area contributed by atoms with Crippen LogP contribution in [0.15, 0.2) is 18.2 Å². The van der Waals surface area contributed by atoms with E-state index in [-0.39, 0.29) is 17.8 Å². The van der Waals surface area contributed by atoms with E-state index in [1.807, 2.05) is 0 Å². The van der Waals surface area contributed by atoms with E-state index in [0.29, 0.717) is 13.2 Å². The maximum Gasteiger partial charge on any atom is 0.131 e. The lowest BCUT2D eigenvalue weighted by molar-refractivity contribution is -0.0454. The second-order valence-electron chi connectivity index (χ2n) is 6.65. The third-order valence-corrected chi connectivity index (χ3v) is 4.83. The Morgan fingerprint density at radius 2 is 2.04 bits per heavy atom. The number of aliphatic hydroxyl groups excluding tert-OH is 1. The van der Waals surface area contributed by atoms with E-state index in [2.05, 4.69) is 4.90 Å². The van der Waals surface area contributed by atoms with Crippen LogP contribution in [0.2, 0.25) is 0 Å². The number of ether oxygens (including phenoxy) is 2. The third kappa shape index (κ3) is 4.72. The summed E-state index contributed by atoms with van der Waals surface area (Å²) in [6.07, 6.45) is 3.50. The lowest BCUT2D eigenvalue weighted by Crippen LogP contribution is -2.40. The van der Waals surface area contributed by atoms with Crippen molar-refractivity contribution in [3.05, 3.63) is 35.4 Å². The number of hydrogen-bond donors (Lipinski definition) is 1. The van der Waals surface area contributed by atoms with E-state index in [1.165, 1.54) is 12.1 Å². The molecule has 0 saturated carbocycles. The molecule has 24 heavy (non-hydrogen) atoms. The summed E-state index contributed by atoms with van der Waals surface area (Å²) in [5.41, 5.74) is 0.146. The zero-order chi connectivity index (χ0) is 16.9. The third-order valence-electron chi connectivity index (χ3n) is 4.83. The Balaban J connectivity index is 1.41. The van der Waals surface area contributed by atoms with Gasteiger partial charge in [0, 0.05) is 37.9 Å². The molecule has 2 aliphatic rings. The second-order valence-corrected chi connectivity index (χ2v) is 6.65. The fourth-order valence-corrected chi connectivity index (χ4v) is 3.39. The van der Waals surface area contributed by atoms with E-state index in [9.17, 15) is 13.9 Å². The molecule has 6 heteroatoms. The van der Waals surface area contributed by atoms with Crippen LogP contribution < -0.4 is 0 Å². The number of likely N-dealkylation sites (tertiary alicyclic amines) is 1. The first-order chi connectivity index (χ1) is 11.6. The van der Waals surface area contributed by atoms with Crippen LogP contribution in [-0.4, -0.2) is 55.1 Å². The summed E-state index contributed by atoms with van der Waals surface area (Å²) in [4.78, 5) is 2.10. The largest absolute Gasteiger partial charge is 0.387 e. The average molecular weight is 341 g/mol. The first-order valence-corrected chi connectivity index (χ1v) is 8.70. The molecule has 2 atom stereocenters. The van der Waals surface area contributed by atoms with Crippen LogP contribution >= 0.6 is 0 Å². The predicted octanol–water partition coefficient (Wildman–Crippen LogP) is 2.66. The lowest BCUT2D eigenvalue weighted by Gasteiger charge is -2.33. The van der Waals surface area contributed by atoms with Crippen molar-refractivity contribution in [1.29, 1.82) is 0 Å². The van der Waals surface area contributed by atoms with Gasteiger partial charge in [-0.25, -0.2) is 8.78 Å². The highest BCUT2D eigenvalue weighted by Gasteiger charge is 2.24. The quantitative estimate of drug-likeness (QED) is 0.864. The average Bonchev–Trinajstić information content (AvgIpc) is 3.07. The first-order valence-electron chi connectivity index (χ1n) is 8.70. The van der Waals surface area contributed by atoms with Crippen molar-refractivity contribution >= 4 is 0 Å². The Bertz CT molecular complexity index is 529. The van der Waals surface area contributed by atoms with E-state index in [4.69, 9.17) is 9.47 Å². The molecule has 0 bridgehead atoms. The molecule has 2 aliphatic heterocycles. The summed E-state index contributed by atoms with van der Waals surface area (Å²) >= 11 is 0. The van der Waals surface area contributed by atoms with Gasteiger partial charge in [-0.15, -0.1) is 0 Å². The maximum atomic E-state index is 13.7. The van der Waals surface area contributed by atoms with Gasteiger partial charge in [0.15, 0.2) is 0 Å². The number of halogens is 2. The molecule has 0 radical (unpaired) electrons. The standard InChI is InChI=1S/C18H25F2NO3/c19-13-3-4-16(17(20)10-13)18(22)11-21-7-5-14(6-8-21)24-12-15-2-1-9-23-15/h3-4,10,14-15,18,22H,1-2,5-9,11-12H2. The molecule has 0 aliphatic carbocycles. The molecule has 0 aromatic heterocycles. The van der Waals surface area contributed by atoms with Gasteiger partial charge < -0.3 is 19.5 Å². The minimum Gasteiger partial charge on any atom is -0.387 e. The van der Waals surface area contributed by atoms with Crippen molar-refractivity contribution in [2.24, 2.45) is 0 Å². The summed E-state index contributed by atoms with van der Waals surface area (Å²) in [5.74, 6) is -1.33. The number of benzene rings is 1. The van der Waals surface area contributed by atoms with Gasteiger partial charge >= 0.3 is 0 Å². The maximum absolute atomic E-state index is 13.7. The fourth-order valence-electron chi connectivity index (χ4n) is 3.39. The summed E-state index contributed by atoms with van der Waals surface area (Å²) < 4.78 is 38.1. The molecule has 0 spiro atoms. The molecule has 1 aromatic carbocycles. The number of β-amino-alcohol motifs (C(OH)–C–C–N with tert-alkyl or cyclic N) is 1. The Morgan fingerprint density at radius 3 is 2.71 bits per heavy atom. The van der Waals surface area contributed by atoms with Crippen LogP contribution in [-0.2, 0) is 9.47 Å². The van der Waals surface area contributed by atoms with Crippen molar-refractivity contribution in [3.8, 4) is 0 Å². The van der Waals surface area contributed by atoms with Gasteiger partial charge in [0.2, 0.25) is 0 Å². The Hall–Kier alpha value is -1.08. The number of aliphatic hydroxyl groups is 1. The van der Waals surface area contributed by atoms with E-state index in [1.54, 1.807) is 0 Å². The summed E-state index contributed by atoms with van der Waals surface area (Å²) in [5, 5.41) is 10.2. The summed E-state index contributed by atoms with van der Waals surface area (Å²) in [7, 11) is 0. The van der Waals surface area contributed by atoms with Crippen molar-refractivity contribution in [1.82, 2.24) is 4.90 Å². The topological polar surface area (TPSA) is 41.9 Å². The molecule has 0 amide bonds. The number of hydrogen-bond acceptors (Lipinski definition) is 4. The fraction of sp³-hybridized carbons (Fsp3) is 0.667. The van der Waals surface area contributed by atoms with Gasteiger partial charge in [0.1, 0.15) is 11.6 Å². The zero-order valence-electron chi connectivity index (χ0n) is 13.8. The first kappa shape index (κ1) is 17.7. The van der Waals surface area contributed by atoms with Crippen molar-refractivity contribution in [3.63, 3.8) is 0 Å². The molecule has 1 aromatic rings. The van der Waals surface area contributed by atoms with Gasteiger partial charge in [0.05, 0.1) is 24.9 Å². The Kier molecular flexibility index (Phi) is 6.16. The molecule has 2 saturated heterocycles. The molecule has 1 N–H and O–H groups in total. The number of nitrogens with zero attached hydrogens (tertiary/aromatic N) is 1. The van der Waals surface area contributed by atoms with Crippen molar-refractivity contribution < 1.29 is 23.4 Å². The van der Waals surface area contributed by atoms with Crippen LogP contribution in [0.1, 0.15) is 37.4 Å². The van der Waals surface area contributed by atoms with Crippen LogP contribution in [0.4, 0.5) is 8.78 Å². The molecule has 134 valence electrons. The molecular formula is C18H25F2NO3. The SMILES string of the molecule is OC(CN1CCC(OCC2CCCO2)CC1)c1ccc(F)cc1F. The van der Waals surface area contributed by atoms with Gasteiger partial charge in [-0.1, -0.05) is 6.07 Å². The number of rotatable bonds is 6. The van der Waals surface area contributed by atoms with E-state index < -0.39 is 17.7 Å². The molecule has 3 rings (SSSR count). The highest BCUT2D eigenvalue weighted by molar-refractivity contribution is 5.21. The zero-order valence-corrected chi connectivity index (χ0v) is 13.8. The van der Waals surface area contributed by atoms with Gasteiger partial charge in [-0.3, -0.25) is 0 Å².